The molecule has 2 aromatic rings. The lowest BCUT2D eigenvalue weighted by atomic mass is 9.82. The lowest BCUT2D eigenvalue weighted by Gasteiger charge is -2.33. The second-order valence-corrected chi connectivity index (χ2v) is 6.18. The van der Waals surface area contributed by atoms with Gasteiger partial charge in [-0.25, -0.2) is 0 Å². The SMILES string of the molecule is COc1cccc2c1[nH]c(=S)n2CC1(C)CCOCC1. The van der Waals surface area contributed by atoms with Gasteiger partial charge in [-0.05, 0) is 42.6 Å². The highest BCUT2D eigenvalue weighted by Gasteiger charge is 2.28. The molecule has 1 fully saturated rings. The van der Waals surface area contributed by atoms with E-state index in [1.807, 2.05) is 12.1 Å². The summed E-state index contributed by atoms with van der Waals surface area (Å²) in [4.78, 5) is 3.27. The summed E-state index contributed by atoms with van der Waals surface area (Å²) in [6, 6.07) is 6.05. The van der Waals surface area contributed by atoms with Crippen LogP contribution in [0.4, 0.5) is 0 Å². The number of ether oxygens (including phenoxy) is 2. The van der Waals surface area contributed by atoms with Crippen LogP contribution in [0, 0.1) is 10.2 Å². The molecule has 0 amide bonds. The minimum absolute atomic E-state index is 0.245. The normalized spacial score (nSPS) is 18.3. The third-order valence-corrected chi connectivity index (χ3v) is 4.55. The van der Waals surface area contributed by atoms with Crippen LogP contribution in [0.25, 0.3) is 11.0 Å². The predicted octanol–water partition coefficient (Wildman–Crippen LogP) is 3.52. The van der Waals surface area contributed by atoms with Crippen molar-refractivity contribution in [3.63, 3.8) is 0 Å². The fraction of sp³-hybridized carbons (Fsp3) is 0.533. The molecule has 0 aliphatic carbocycles. The number of para-hydroxylation sites is 1. The molecule has 1 aliphatic heterocycles. The molecule has 1 aromatic carbocycles. The minimum Gasteiger partial charge on any atom is -0.494 e. The predicted molar refractivity (Wildman–Crippen MR) is 81.8 cm³/mol. The van der Waals surface area contributed by atoms with E-state index in [2.05, 4.69) is 22.5 Å². The molecule has 0 saturated carbocycles. The van der Waals surface area contributed by atoms with Gasteiger partial charge in [-0.2, -0.15) is 0 Å². The Morgan fingerprint density at radius 3 is 2.85 bits per heavy atom. The number of methoxy groups -OCH3 is 1. The van der Waals surface area contributed by atoms with Crippen LogP contribution in [-0.4, -0.2) is 29.9 Å². The number of aromatic nitrogens is 2. The Morgan fingerprint density at radius 1 is 1.40 bits per heavy atom. The van der Waals surface area contributed by atoms with Crippen LogP contribution in [0.5, 0.6) is 5.75 Å². The van der Waals surface area contributed by atoms with E-state index in [4.69, 9.17) is 21.7 Å². The third-order valence-electron chi connectivity index (χ3n) is 4.23. The molecular formula is C15H20N2O2S. The Kier molecular flexibility index (Phi) is 3.56. The molecule has 5 heteroatoms. The summed E-state index contributed by atoms with van der Waals surface area (Å²) >= 11 is 5.50. The van der Waals surface area contributed by atoms with Crippen molar-refractivity contribution in [2.24, 2.45) is 5.41 Å². The molecule has 1 aliphatic rings. The Labute approximate surface area is 123 Å². The van der Waals surface area contributed by atoms with Gasteiger partial charge in [0.15, 0.2) is 4.77 Å². The number of hydrogen-bond donors (Lipinski definition) is 1. The molecule has 1 saturated heterocycles. The molecule has 0 unspecified atom stereocenters. The Bertz CT molecular complexity index is 668. The van der Waals surface area contributed by atoms with Crippen LogP contribution in [0.2, 0.25) is 0 Å². The number of hydrogen-bond acceptors (Lipinski definition) is 3. The number of fused-ring (bicyclic) bond motifs is 1. The van der Waals surface area contributed by atoms with Crippen LogP contribution in [0.3, 0.4) is 0 Å². The summed E-state index contributed by atoms with van der Waals surface area (Å²) in [5.74, 6) is 0.837. The molecule has 3 rings (SSSR count). The van der Waals surface area contributed by atoms with E-state index < -0.39 is 0 Å². The standard InChI is InChI=1S/C15H20N2O2S/c1-15(6-8-19-9-7-15)10-17-11-4-3-5-12(18-2)13(11)16-14(17)20/h3-5H,6-10H2,1-2H3,(H,16,20). The van der Waals surface area contributed by atoms with E-state index in [0.29, 0.717) is 0 Å². The summed E-state index contributed by atoms with van der Waals surface area (Å²) < 4.78 is 13.8. The first-order chi connectivity index (χ1) is 9.63. The van der Waals surface area contributed by atoms with Gasteiger partial charge >= 0.3 is 0 Å². The molecule has 1 aromatic heterocycles. The molecule has 20 heavy (non-hydrogen) atoms. The maximum absolute atomic E-state index is 5.50. The molecule has 2 heterocycles. The number of H-pyrrole nitrogens is 1. The molecule has 4 nitrogen and oxygen atoms in total. The number of rotatable bonds is 3. The Morgan fingerprint density at radius 2 is 2.15 bits per heavy atom. The van der Waals surface area contributed by atoms with Gasteiger partial charge in [0, 0.05) is 19.8 Å². The van der Waals surface area contributed by atoms with Gasteiger partial charge in [0.1, 0.15) is 11.3 Å². The van der Waals surface area contributed by atoms with Gasteiger partial charge < -0.3 is 19.0 Å². The first-order valence-electron chi connectivity index (χ1n) is 6.96. The van der Waals surface area contributed by atoms with Crippen molar-refractivity contribution >= 4 is 23.3 Å². The van der Waals surface area contributed by atoms with E-state index >= 15 is 0 Å². The fourth-order valence-corrected chi connectivity index (χ4v) is 3.15. The van der Waals surface area contributed by atoms with Gasteiger partial charge in [-0.1, -0.05) is 13.0 Å². The number of nitrogens with zero attached hydrogens (tertiary/aromatic N) is 1. The van der Waals surface area contributed by atoms with Crippen LogP contribution in [0.15, 0.2) is 18.2 Å². The average Bonchev–Trinajstić information content (AvgIpc) is 2.75. The van der Waals surface area contributed by atoms with Crippen molar-refractivity contribution < 1.29 is 9.47 Å². The van der Waals surface area contributed by atoms with Crippen molar-refractivity contribution in [3.05, 3.63) is 23.0 Å². The van der Waals surface area contributed by atoms with Crippen molar-refractivity contribution in [2.75, 3.05) is 20.3 Å². The average molecular weight is 292 g/mol. The van der Waals surface area contributed by atoms with Crippen LogP contribution in [-0.2, 0) is 11.3 Å². The number of aromatic amines is 1. The second-order valence-electron chi connectivity index (χ2n) is 5.79. The zero-order valence-electron chi connectivity index (χ0n) is 11.9. The highest BCUT2D eigenvalue weighted by Crippen LogP contribution is 2.34. The summed E-state index contributed by atoms with van der Waals surface area (Å²) in [6.07, 6.45) is 2.15. The van der Waals surface area contributed by atoms with Crippen LogP contribution < -0.4 is 4.74 Å². The van der Waals surface area contributed by atoms with Crippen LogP contribution in [0.1, 0.15) is 19.8 Å². The third kappa shape index (κ3) is 2.36. The van der Waals surface area contributed by atoms with E-state index in [0.717, 1.165) is 54.2 Å². The van der Waals surface area contributed by atoms with Crippen LogP contribution >= 0.6 is 12.2 Å². The molecule has 1 N–H and O–H groups in total. The molecule has 0 atom stereocenters. The maximum atomic E-state index is 5.50. The molecule has 108 valence electrons. The topological polar surface area (TPSA) is 39.2 Å². The zero-order chi connectivity index (χ0) is 14.2. The number of nitrogens with one attached hydrogen (secondary N) is 1. The highest BCUT2D eigenvalue weighted by atomic mass is 32.1. The smallest absolute Gasteiger partial charge is 0.178 e. The van der Waals surface area contributed by atoms with Gasteiger partial charge in [0.25, 0.3) is 0 Å². The maximum Gasteiger partial charge on any atom is 0.178 e. The first kappa shape index (κ1) is 13.6. The molecular weight excluding hydrogens is 272 g/mol. The summed E-state index contributed by atoms with van der Waals surface area (Å²) in [5.41, 5.74) is 2.34. The summed E-state index contributed by atoms with van der Waals surface area (Å²) in [6.45, 7) is 4.92. The summed E-state index contributed by atoms with van der Waals surface area (Å²) in [5, 5.41) is 0. The van der Waals surface area contributed by atoms with E-state index in [1.165, 1.54) is 0 Å². The number of benzene rings is 1. The van der Waals surface area contributed by atoms with Gasteiger partial charge in [-0.3, -0.25) is 0 Å². The zero-order valence-corrected chi connectivity index (χ0v) is 12.8. The second kappa shape index (κ2) is 5.22. The van der Waals surface area contributed by atoms with Crippen molar-refractivity contribution in [2.45, 2.75) is 26.3 Å². The Balaban J connectivity index is 2.03. The van der Waals surface area contributed by atoms with E-state index in [9.17, 15) is 0 Å². The lowest BCUT2D eigenvalue weighted by Crippen LogP contribution is -2.31. The molecule has 0 spiro atoms. The first-order valence-corrected chi connectivity index (χ1v) is 7.37. The quantitative estimate of drug-likeness (QED) is 0.880. The highest BCUT2D eigenvalue weighted by molar-refractivity contribution is 7.71. The van der Waals surface area contributed by atoms with Gasteiger partial charge in [-0.15, -0.1) is 0 Å². The summed E-state index contributed by atoms with van der Waals surface area (Å²) in [7, 11) is 1.68. The number of imidazole rings is 1. The largest absolute Gasteiger partial charge is 0.494 e. The fourth-order valence-electron chi connectivity index (χ4n) is 2.89. The van der Waals surface area contributed by atoms with Crippen molar-refractivity contribution in [1.82, 2.24) is 9.55 Å². The van der Waals surface area contributed by atoms with E-state index in [-0.39, 0.29) is 5.41 Å². The molecule has 0 bridgehead atoms. The molecule has 0 radical (unpaired) electrons. The lowest BCUT2D eigenvalue weighted by molar-refractivity contribution is 0.0158. The minimum atomic E-state index is 0.245. The monoisotopic (exact) mass is 292 g/mol. The Hall–Kier alpha value is -1.33. The van der Waals surface area contributed by atoms with E-state index in [1.54, 1.807) is 7.11 Å². The van der Waals surface area contributed by atoms with Crippen molar-refractivity contribution in [3.8, 4) is 5.75 Å². The van der Waals surface area contributed by atoms with Gasteiger partial charge in [0.2, 0.25) is 0 Å². The van der Waals surface area contributed by atoms with Crippen molar-refractivity contribution in [1.29, 1.82) is 0 Å². The van der Waals surface area contributed by atoms with Gasteiger partial charge in [0.05, 0.1) is 12.6 Å².